The Bertz CT molecular complexity index is 882. The minimum absolute atomic E-state index is 0.193. The van der Waals surface area contributed by atoms with E-state index in [-0.39, 0.29) is 12.1 Å². The zero-order valence-electron chi connectivity index (χ0n) is 13.6. The number of nitrogens with one attached hydrogen (secondary N) is 2. The molecule has 0 fully saturated rings. The van der Waals surface area contributed by atoms with Gasteiger partial charge in [-0.2, -0.15) is 4.80 Å². The van der Waals surface area contributed by atoms with Gasteiger partial charge in [-0.25, -0.2) is 0 Å². The Kier molecular flexibility index (Phi) is 4.50. The molecule has 0 aliphatic rings. The Labute approximate surface area is 142 Å². The van der Waals surface area contributed by atoms with Crippen LogP contribution in [-0.2, 0) is 11.3 Å². The second-order valence-corrected chi connectivity index (χ2v) is 5.21. The van der Waals surface area contributed by atoms with E-state index in [0.717, 1.165) is 10.4 Å². The normalized spacial score (nSPS) is 10.5. The van der Waals surface area contributed by atoms with E-state index in [1.807, 2.05) is 30.3 Å². The van der Waals surface area contributed by atoms with E-state index in [0.29, 0.717) is 17.3 Å². The molecule has 2 aromatic heterocycles. The van der Waals surface area contributed by atoms with Crippen molar-refractivity contribution < 1.29 is 14.1 Å². The SMILES string of the molecule is Cc1noc(C)c1C(=O)NNC(=O)Cn1nnc(-c2ccccc2)n1. The molecule has 0 unspecified atom stereocenters. The second kappa shape index (κ2) is 6.91. The molecule has 0 spiro atoms. The van der Waals surface area contributed by atoms with Crippen molar-refractivity contribution in [3.8, 4) is 11.4 Å². The smallest absolute Gasteiger partial charge is 0.275 e. The van der Waals surface area contributed by atoms with Gasteiger partial charge in [-0.05, 0) is 19.1 Å². The van der Waals surface area contributed by atoms with Crippen LogP contribution in [0.3, 0.4) is 0 Å². The molecule has 0 saturated carbocycles. The van der Waals surface area contributed by atoms with Crippen molar-refractivity contribution in [2.24, 2.45) is 0 Å². The predicted molar refractivity (Wildman–Crippen MR) is 84.8 cm³/mol. The highest BCUT2D eigenvalue weighted by molar-refractivity contribution is 5.97. The van der Waals surface area contributed by atoms with Crippen LogP contribution in [0.25, 0.3) is 11.4 Å². The highest BCUT2D eigenvalue weighted by atomic mass is 16.5. The number of tetrazole rings is 1. The van der Waals surface area contributed by atoms with Crippen LogP contribution in [0.1, 0.15) is 21.8 Å². The van der Waals surface area contributed by atoms with Gasteiger partial charge < -0.3 is 4.52 Å². The van der Waals surface area contributed by atoms with Crippen molar-refractivity contribution in [3.05, 3.63) is 47.3 Å². The van der Waals surface area contributed by atoms with Crippen molar-refractivity contribution in [3.63, 3.8) is 0 Å². The van der Waals surface area contributed by atoms with Gasteiger partial charge in [0.25, 0.3) is 11.8 Å². The van der Waals surface area contributed by atoms with Crippen molar-refractivity contribution in [2.75, 3.05) is 0 Å². The number of carbonyl (C=O) groups is 2. The average Bonchev–Trinajstić information content (AvgIpc) is 3.20. The molecule has 25 heavy (non-hydrogen) atoms. The third-order valence-electron chi connectivity index (χ3n) is 3.35. The molecular weight excluding hydrogens is 326 g/mol. The monoisotopic (exact) mass is 341 g/mol. The van der Waals surface area contributed by atoms with Gasteiger partial charge in [-0.1, -0.05) is 35.5 Å². The molecule has 0 saturated heterocycles. The van der Waals surface area contributed by atoms with E-state index in [9.17, 15) is 9.59 Å². The highest BCUT2D eigenvalue weighted by Gasteiger charge is 2.18. The number of rotatable bonds is 4. The molecule has 0 atom stereocenters. The molecule has 2 N–H and O–H groups in total. The van der Waals surface area contributed by atoms with Crippen molar-refractivity contribution in [1.82, 2.24) is 36.2 Å². The second-order valence-electron chi connectivity index (χ2n) is 5.21. The van der Waals surface area contributed by atoms with Crippen LogP contribution >= 0.6 is 0 Å². The molecule has 0 bridgehead atoms. The maximum absolute atomic E-state index is 12.0. The third kappa shape index (κ3) is 3.68. The van der Waals surface area contributed by atoms with E-state index in [1.54, 1.807) is 13.8 Å². The molecular formula is C15H15N7O3. The predicted octanol–water partition coefficient (Wildman–Crippen LogP) is 0.406. The molecule has 10 heteroatoms. The van der Waals surface area contributed by atoms with Crippen LogP contribution in [0, 0.1) is 13.8 Å². The van der Waals surface area contributed by atoms with Gasteiger partial charge >= 0.3 is 0 Å². The molecule has 0 aliphatic carbocycles. The Morgan fingerprint density at radius 2 is 1.92 bits per heavy atom. The molecule has 3 rings (SSSR count). The molecule has 2 heterocycles. The largest absolute Gasteiger partial charge is 0.361 e. The number of benzene rings is 1. The van der Waals surface area contributed by atoms with Crippen molar-refractivity contribution in [2.45, 2.75) is 20.4 Å². The van der Waals surface area contributed by atoms with Crippen molar-refractivity contribution >= 4 is 11.8 Å². The fourth-order valence-electron chi connectivity index (χ4n) is 2.18. The zero-order valence-corrected chi connectivity index (χ0v) is 13.6. The number of aryl methyl sites for hydroxylation is 2. The average molecular weight is 341 g/mol. The fourth-order valence-corrected chi connectivity index (χ4v) is 2.18. The van der Waals surface area contributed by atoms with Crippen LogP contribution < -0.4 is 10.9 Å². The number of amides is 2. The number of hydrogen-bond acceptors (Lipinski definition) is 7. The summed E-state index contributed by atoms with van der Waals surface area (Å²) in [5, 5.41) is 15.5. The Hall–Kier alpha value is -3.56. The van der Waals surface area contributed by atoms with Gasteiger partial charge in [0.05, 0.1) is 5.69 Å². The molecule has 10 nitrogen and oxygen atoms in total. The number of hydrogen-bond donors (Lipinski definition) is 2. The van der Waals surface area contributed by atoms with Gasteiger partial charge in [-0.3, -0.25) is 20.4 Å². The highest BCUT2D eigenvalue weighted by Crippen LogP contribution is 2.12. The fraction of sp³-hybridized carbons (Fsp3) is 0.200. The lowest BCUT2D eigenvalue weighted by atomic mass is 10.2. The topological polar surface area (TPSA) is 128 Å². The summed E-state index contributed by atoms with van der Waals surface area (Å²) in [6, 6.07) is 9.26. The Balaban J connectivity index is 1.57. The van der Waals surface area contributed by atoms with Gasteiger partial charge in [0.1, 0.15) is 17.9 Å². The lowest BCUT2D eigenvalue weighted by molar-refractivity contribution is -0.122. The third-order valence-corrected chi connectivity index (χ3v) is 3.35. The minimum Gasteiger partial charge on any atom is -0.361 e. The first kappa shape index (κ1) is 16.3. The Morgan fingerprint density at radius 3 is 2.60 bits per heavy atom. The van der Waals surface area contributed by atoms with E-state index >= 15 is 0 Å². The van der Waals surface area contributed by atoms with Gasteiger partial charge in [0, 0.05) is 5.56 Å². The number of carbonyl (C=O) groups excluding carboxylic acids is 2. The van der Waals surface area contributed by atoms with E-state index in [4.69, 9.17) is 4.52 Å². The summed E-state index contributed by atoms with van der Waals surface area (Å²) in [6.07, 6.45) is 0. The van der Waals surface area contributed by atoms with Crippen LogP contribution in [0.2, 0.25) is 0 Å². The summed E-state index contributed by atoms with van der Waals surface area (Å²) in [4.78, 5) is 25.1. The maximum Gasteiger partial charge on any atom is 0.275 e. The van der Waals surface area contributed by atoms with E-state index < -0.39 is 11.8 Å². The molecule has 0 aliphatic heterocycles. The number of aromatic nitrogens is 5. The lowest BCUT2D eigenvalue weighted by Crippen LogP contribution is -2.43. The van der Waals surface area contributed by atoms with Gasteiger partial charge in [0.15, 0.2) is 0 Å². The summed E-state index contributed by atoms with van der Waals surface area (Å²) >= 11 is 0. The quantitative estimate of drug-likeness (QED) is 0.658. The number of nitrogens with zero attached hydrogens (tertiary/aromatic N) is 5. The first-order valence-corrected chi connectivity index (χ1v) is 7.40. The standard InChI is InChI=1S/C15H15N7O3/c1-9-13(10(2)25-20-9)15(24)18-16-12(23)8-22-19-14(17-21-22)11-6-4-3-5-7-11/h3-7H,8H2,1-2H3,(H,16,23)(H,18,24). The minimum atomic E-state index is -0.513. The van der Waals surface area contributed by atoms with Gasteiger partial charge in [0.2, 0.25) is 5.82 Å². The summed E-state index contributed by atoms with van der Waals surface area (Å²) < 4.78 is 4.91. The molecule has 0 radical (unpaired) electrons. The van der Waals surface area contributed by atoms with Crippen molar-refractivity contribution in [1.29, 1.82) is 0 Å². The zero-order chi connectivity index (χ0) is 17.8. The summed E-state index contributed by atoms with van der Waals surface area (Å²) in [5.74, 6) is -0.235. The summed E-state index contributed by atoms with van der Waals surface area (Å²) in [5.41, 5.74) is 6.10. The molecule has 128 valence electrons. The summed E-state index contributed by atoms with van der Waals surface area (Å²) in [6.45, 7) is 3.06. The van der Waals surface area contributed by atoms with Crippen LogP contribution in [0.5, 0.6) is 0 Å². The molecule has 3 aromatic rings. The Morgan fingerprint density at radius 1 is 1.16 bits per heavy atom. The van der Waals surface area contributed by atoms with E-state index in [1.165, 1.54) is 0 Å². The lowest BCUT2D eigenvalue weighted by Gasteiger charge is -2.06. The molecule has 1 aromatic carbocycles. The first-order valence-electron chi connectivity index (χ1n) is 7.40. The molecule has 2 amide bonds. The summed E-state index contributed by atoms with van der Waals surface area (Å²) in [7, 11) is 0. The van der Waals surface area contributed by atoms with Crippen LogP contribution in [0.15, 0.2) is 34.9 Å². The van der Waals surface area contributed by atoms with Crippen LogP contribution in [0.4, 0.5) is 0 Å². The number of hydrazine groups is 1. The maximum atomic E-state index is 12.0. The van der Waals surface area contributed by atoms with Gasteiger partial charge in [-0.15, -0.1) is 10.2 Å². The first-order chi connectivity index (χ1) is 12.0. The van der Waals surface area contributed by atoms with E-state index in [2.05, 4.69) is 31.4 Å². The van der Waals surface area contributed by atoms with Crippen LogP contribution in [-0.4, -0.2) is 37.2 Å².